The van der Waals surface area contributed by atoms with Gasteiger partial charge in [0, 0.05) is 30.8 Å². The molecule has 0 radical (unpaired) electrons. The summed E-state index contributed by atoms with van der Waals surface area (Å²) in [6.45, 7) is 3.89. The Labute approximate surface area is 152 Å². The van der Waals surface area contributed by atoms with Gasteiger partial charge < -0.3 is 20.1 Å². The topological polar surface area (TPSA) is 88.3 Å². The molecule has 0 spiro atoms. The van der Waals surface area contributed by atoms with Crippen molar-refractivity contribution in [3.8, 4) is 11.5 Å². The number of aromatic nitrogens is 2. The monoisotopic (exact) mass is 366 g/mol. The second-order valence-corrected chi connectivity index (χ2v) is 5.77. The maximum atomic E-state index is 12.3. The minimum atomic E-state index is -0.179. The molecule has 1 aromatic carbocycles. The van der Waals surface area contributed by atoms with Crippen LogP contribution in [-0.4, -0.2) is 42.4 Å². The fourth-order valence-electron chi connectivity index (χ4n) is 2.66. The summed E-state index contributed by atoms with van der Waals surface area (Å²) in [6, 6.07) is 7.35. The van der Waals surface area contributed by atoms with Gasteiger partial charge in [-0.1, -0.05) is 0 Å². The van der Waals surface area contributed by atoms with Crippen molar-refractivity contribution in [2.75, 3.05) is 20.2 Å². The van der Waals surface area contributed by atoms with Crippen LogP contribution >= 0.6 is 12.4 Å². The quantitative estimate of drug-likeness (QED) is 0.724. The molecular formula is C17H23ClN4O3. The van der Waals surface area contributed by atoms with Crippen molar-refractivity contribution in [2.45, 2.75) is 26.0 Å². The number of aromatic amines is 1. The molecule has 1 aliphatic rings. The average Bonchev–Trinajstić information content (AvgIpc) is 3.04. The number of carbonyl (C=O) groups is 1. The highest BCUT2D eigenvalue weighted by Crippen LogP contribution is 2.18. The van der Waals surface area contributed by atoms with Crippen LogP contribution in [0.3, 0.4) is 0 Å². The molecule has 1 atom stereocenters. The van der Waals surface area contributed by atoms with Gasteiger partial charge in [0.05, 0.1) is 13.7 Å². The molecule has 1 aromatic heterocycles. The third-order valence-electron chi connectivity index (χ3n) is 3.97. The fraction of sp³-hybridized carbons (Fsp3) is 0.412. The van der Waals surface area contributed by atoms with E-state index < -0.39 is 0 Å². The van der Waals surface area contributed by atoms with E-state index in [1.807, 2.05) is 31.2 Å². The first kappa shape index (κ1) is 19.1. The number of methoxy groups -OCH3 is 1. The smallest absolute Gasteiger partial charge is 0.272 e. The van der Waals surface area contributed by atoms with Crippen molar-refractivity contribution in [3.05, 3.63) is 41.2 Å². The van der Waals surface area contributed by atoms with Gasteiger partial charge >= 0.3 is 0 Å². The molecule has 0 bridgehead atoms. The van der Waals surface area contributed by atoms with Gasteiger partial charge in [-0.05, 0) is 31.2 Å². The predicted octanol–water partition coefficient (Wildman–Crippen LogP) is 1.68. The standard InChI is InChI=1S/C17H22N4O3.ClH/c1-11(24-13-5-3-12(23-2)4-6-13)9-19-17(22)16-14-10-18-8-7-15(14)20-21-16;/h3-6,11,18H,7-10H2,1-2H3,(H,19,22)(H,20,21);1H. The summed E-state index contributed by atoms with van der Waals surface area (Å²) in [5.41, 5.74) is 2.47. The second-order valence-electron chi connectivity index (χ2n) is 5.77. The molecule has 0 saturated heterocycles. The summed E-state index contributed by atoms with van der Waals surface area (Å²) >= 11 is 0. The minimum Gasteiger partial charge on any atom is -0.497 e. The number of amides is 1. The van der Waals surface area contributed by atoms with Gasteiger partial charge in [-0.25, -0.2) is 0 Å². The van der Waals surface area contributed by atoms with E-state index in [0.717, 1.165) is 35.7 Å². The lowest BCUT2D eigenvalue weighted by molar-refractivity contribution is 0.0926. The highest BCUT2D eigenvalue weighted by Gasteiger charge is 2.21. The summed E-state index contributed by atoms with van der Waals surface area (Å²) in [5, 5.41) is 13.2. The number of nitrogens with one attached hydrogen (secondary N) is 3. The van der Waals surface area contributed by atoms with E-state index in [1.54, 1.807) is 7.11 Å². The van der Waals surface area contributed by atoms with Crippen LogP contribution in [0.4, 0.5) is 0 Å². The molecule has 8 heteroatoms. The molecule has 1 unspecified atom stereocenters. The van der Waals surface area contributed by atoms with E-state index in [2.05, 4.69) is 20.8 Å². The van der Waals surface area contributed by atoms with E-state index in [9.17, 15) is 4.79 Å². The summed E-state index contributed by atoms with van der Waals surface area (Å²) in [4.78, 5) is 12.3. The average molecular weight is 367 g/mol. The molecule has 1 aliphatic heterocycles. The Morgan fingerprint density at radius 2 is 2.04 bits per heavy atom. The zero-order valence-corrected chi connectivity index (χ0v) is 15.1. The molecule has 2 heterocycles. The van der Waals surface area contributed by atoms with Crippen LogP contribution in [-0.2, 0) is 13.0 Å². The van der Waals surface area contributed by atoms with Crippen LogP contribution in [0.2, 0.25) is 0 Å². The van der Waals surface area contributed by atoms with Crippen molar-refractivity contribution in [1.82, 2.24) is 20.8 Å². The van der Waals surface area contributed by atoms with Gasteiger partial charge in [0.15, 0.2) is 5.69 Å². The first-order chi connectivity index (χ1) is 11.7. The van der Waals surface area contributed by atoms with Crippen molar-refractivity contribution in [3.63, 3.8) is 0 Å². The summed E-state index contributed by atoms with van der Waals surface area (Å²) < 4.78 is 10.9. The van der Waals surface area contributed by atoms with Crippen LogP contribution in [0, 0.1) is 0 Å². The van der Waals surface area contributed by atoms with Crippen molar-refractivity contribution < 1.29 is 14.3 Å². The van der Waals surface area contributed by atoms with E-state index in [1.165, 1.54) is 0 Å². The van der Waals surface area contributed by atoms with E-state index in [4.69, 9.17) is 9.47 Å². The molecule has 136 valence electrons. The molecule has 3 rings (SSSR count). The van der Waals surface area contributed by atoms with Gasteiger partial charge in [-0.15, -0.1) is 12.4 Å². The van der Waals surface area contributed by atoms with E-state index in [-0.39, 0.29) is 24.4 Å². The molecule has 0 aliphatic carbocycles. The van der Waals surface area contributed by atoms with Crippen LogP contribution < -0.4 is 20.1 Å². The largest absolute Gasteiger partial charge is 0.497 e. The maximum Gasteiger partial charge on any atom is 0.272 e. The number of ether oxygens (including phenoxy) is 2. The molecular weight excluding hydrogens is 344 g/mol. The Morgan fingerprint density at radius 1 is 1.32 bits per heavy atom. The number of rotatable bonds is 6. The molecule has 1 amide bonds. The predicted molar refractivity (Wildman–Crippen MR) is 96.7 cm³/mol. The van der Waals surface area contributed by atoms with Crippen molar-refractivity contribution >= 4 is 18.3 Å². The number of hydrogen-bond donors (Lipinski definition) is 3. The first-order valence-electron chi connectivity index (χ1n) is 8.03. The molecule has 0 saturated carbocycles. The van der Waals surface area contributed by atoms with E-state index in [0.29, 0.717) is 18.8 Å². The number of H-pyrrole nitrogens is 1. The maximum absolute atomic E-state index is 12.3. The molecule has 3 N–H and O–H groups in total. The van der Waals surface area contributed by atoms with Gasteiger partial charge in [0.1, 0.15) is 17.6 Å². The SMILES string of the molecule is COc1ccc(OC(C)CNC(=O)c2n[nH]c3c2CNCC3)cc1.Cl. The normalized spacial score (nSPS) is 14.0. The van der Waals surface area contributed by atoms with Gasteiger partial charge in [0.2, 0.25) is 0 Å². The Bertz CT molecular complexity index is 702. The second kappa shape index (κ2) is 8.73. The van der Waals surface area contributed by atoms with Crippen LogP contribution in [0.5, 0.6) is 11.5 Å². The lowest BCUT2D eigenvalue weighted by Crippen LogP contribution is -2.35. The van der Waals surface area contributed by atoms with Gasteiger partial charge in [-0.2, -0.15) is 5.10 Å². The number of benzene rings is 1. The Hall–Kier alpha value is -2.25. The number of carbonyl (C=O) groups excluding carboxylic acids is 1. The molecule has 0 fully saturated rings. The number of hydrogen-bond acceptors (Lipinski definition) is 5. The number of halogens is 1. The molecule has 25 heavy (non-hydrogen) atoms. The molecule has 7 nitrogen and oxygen atoms in total. The van der Waals surface area contributed by atoms with Crippen molar-refractivity contribution in [2.24, 2.45) is 0 Å². The Kier molecular flexibility index (Phi) is 6.66. The van der Waals surface area contributed by atoms with Gasteiger partial charge in [-0.3, -0.25) is 9.89 Å². The molecule has 2 aromatic rings. The zero-order valence-electron chi connectivity index (χ0n) is 14.3. The Balaban J connectivity index is 0.00000225. The zero-order chi connectivity index (χ0) is 16.9. The van der Waals surface area contributed by atoms with Crippen LogP contribution in [0.25, 0.3) is 0 Å². The highest BCUT2D eigenvalue weighted by atomic mass is 35.5. The minimum absolute atomic E-state index is 0. The third-order valence-corrected chi connectivity index (χ3v) is 3.97. The highest BCUT2D eigenvalue weighted by molar-refractivity contribution is 5.94. The fourth-order valence-corrected chi connectivity index (χ4v) is 2.66. The summed E-state index contributed by atoms with van der Waals surface area (Å²) in [5.74, 6) is 1.33. The third kappa shape index (κ3) is 4.64. The Morgan fingerprint density at radius 3 is 2.76 bits per heavy atom. The first-order valence-corrected chi connectivity index (χ1v) is 8.03. The lowest BCUT2D eigenvalue weighted by Gasteiger charge is -2.16. The van der Waals surface area contributed by atoms with Crippen LogP contribution in [0.15, 0.2) is 24.3 Å². The van der Waals surface area contributed by atoms with Crippen molar-refractivity contribution in [1.29, 1.82) is 0 Å². The van der Waals surface area contributed by atoms with Crippen LogP contribution in [0.1, 0.15) is 28.7 Å². The number of fused-ring (bicyclic) bond motifs is 1. The summed E-state index contributed by atoms with van der Waals surface area (Å²) in [7, 11) is 1.62. The summed E-state index contributed by atoms with van der Waals surface area (Å²) in [6.07, 6.45) is 0.710. The van der Waals surface area contributed by atoms with Gasteiger partial charge in [0.25, 0.3) is 5.91 Å². The number of nitrogens with zero attached hydrogens (tertiary/aromatic N) is 1. The lowest BCUT2D eigenvalue weighted by atomic mass is 10.1. The van der Waals surface area contributed by atoms with E-state index >= 15 is 0 Å².